The summed E-state index contributed by atoms with van der Waals surface area (Å²) in [6.45, 7) is 7.51. The molecule has 3 aromatic rings. The molecule has 180 valence electrons. The number of rotatable bonds is 9. The maximum Gasteiger partial charge on any atom is 0.217 e. The Hall–Kier alpha value is -2.47. The van der Waals surface area contributed by atoms with Crippen LogP contribution in [-0.4, -0.2) is 47.7 Å². The summed E-state index contributed by atoms with van der Waals surface area (Å²) in [5.41, 5.74) is 4.24. The number of unbranched alkanes of at least 4 members (excludes halogenated alkanes) is 1. The number of aromatic amines is 1. The molecule has 5 rings (SSSR count). The van der Waals surface area contributed by atoms with Crippen LogP contribution in [-0.2, 0) is 9.47 Å². The zero-order valence-electron chi connectivity index (χ0n) is 20.3. The Bertz CT molecular complexity index is 963. The summed E-state index contributed by atoms with van der Waals surface area (Å²) >= 11 is 0. The number of nitrogens with zero attached hydrogens (tertiary/aromatic N) is 2. The molecule has 2 aromatic carbocycles. The van der Waals surface area contributed by atoms with Crippen molar-refractivity contribution in [2.24, 2.45) is 5.41 Å². The van der Waals surface area contributed by atoms with Gasteiger partial charge in [0.15, 0.2) is 5.82 Å². The number of likely N-dealkylation sites (tertiary alicyclic amines) is 1. The van der Waals surface area contributed by atoms with Crippen LogP contribution in [0.1, 0.15) is 57.6 Å². The lowest BCUT2D eigenvalue weighted by molar-refractivity contribution is -0.239. The van der Waals surface area contributed by atoms with Crippen molar-refractivity contribution in [2.45, 2.75) is 51.7 Å². The van der Waals surface area contributed by atoms with Gasteiger partial charge in [0, 0.05) is 16.5 Å². The molecule has 34 heavy (non-hydrogen) atoms. The van der Waals surface area contributed by atoms with Crippen molar-refractivity contribution in [3.63, 3.8) is 0 Å². The molecule has 0 bridgehead atoms. The van der Waals surface area contributed by atoms with E-state index in [9.17, 15) is 0 Å². The van der Waals surface area contributed by atoms with E-state index in [1.165, 1.54) is 45.3 Å². The summed E-state index contributed by atoms with van der Waals surface area (Å²) in [4.78, 5) is 11.1. The van der Waals surface area contributed by atoms with E-state index in [1.54, 1.807) is 0 Å². The Labute approximate surface area is 203 Å². The van der Waals surface area contributed by atoms with E-state index in [1.807, 2.05) is 24.3 Å². The van der Waals surface area contributed by atoms with E-state index in [0.29, 0.717) is 0 Å². The Morgan fingerprint density at radius 2 is 1.56 bits per heavy atom. The maximum atomic E-state index is 6.32. The SMILES string of the molecule is CC[C@]1(CCCCN2CCCC2)CO[C@@H](c2nc(-c3ccccc3)c(-c3ccccc3)[nH]2)OC1. The van der Waals surface area contributed by atoms with Crippen molar-refractivity contribution in [1.29, 1.82) is 0 Å². The summed E-state index contributed by atoms with van der Waals surface area (Å²) in [5, 5.41) is 0. The lowest BCUT2D eigenvalue weighted by Crippen LogP contribution is -2.38. The Kier molecular flexibility index (Phi) is 7.43. The first-order valence-corrected chi connectivity index (χ1v) is 12.9. The minimum Gasteiger partial charge on any atom is -0.345 e. The third-order valence-corrected chi connectivity index (χ3v) is 7.52. The van der Waals surface area contributed by atoms with Gasteiger partial charge in [0.2, 0.25) is 6.29 Å². The third kappa shape index (κ3) is 5.27. The van der Waals surface area contributed by atoms with Crippen LogP contribution in [0, 0.1) is 5.41 Å². The number of hydrogen-bond acceptors (Lipinski definition) is 4. The molecule has 0 radical (unpaired) electrons. The molecule has 0 amide bonds. The van der Waals surface area contributed by atoms with Gasteiger partial charge < -0.3 is 19.4 Å². The van der Waals surface area contributed by atoms with Crippen LogP contribution in [0.15, 0.2) is 60.7 Å². The number of imidazole rings is 1. The zero-order valence-corrected chi connectivity index (χ0v) is 20.3. The molecule has 5 heteroatoms. The predicted molar refractivity (Wildman–Crippen MR) is 136 cm³/mol. The highest BCUT2D eigenvalue weighted by molar-refractivity contribution is 5.78. The number of benzene rings is 2. The van der Waals surface area contributed by atoms with Gasteiger partial charge in [-0.3, -0.25) is 0 Å². The molecule has 0 atom stereocenters. The van der Waals surface area contributed by atoms with Crippen molar-refractivity contribution in [3.05, 3.63) is 66.5 Å². The first kappa shape index (κ1) is 23.3. The minimum absolute atomic E-state index is 0.110. The lowest BCUT2D eigenvalue weighted by atomic mass is 9.81. The van der Waals surface area contributed by atoms with E-state index in [4.69, 9.17) is 14.5 Å². The first-order chi connectivity index (χ1) is 16.8. The summed E-state index contributed by atoms with van der Waals surface area (Å²) in [6, 6.07) is 20.7. The van der Waals surface area contributed by atoms with Gasteiger partial charge in [-0.05, 0) is 51.7 Å². The van der Waals surface area contributed by atoms with E-state index in [0.717, 1.165) is 54.4 Å². The quantitative estimate of drug-likeness (QED) is 0.374. The molecule has 1 N–H and O–H groups in total. The standard InChI is InChI=1S/C29H37N3O2/c1-2-29(17-9-10-18-32-19-11-12-20-32)21-33-28(34-22-29)27-30-25(23-13-5-3-6-14-23)26(31-27)24-15-7-4-8-16-24/h3-8,13-16,28H,2,9-12,17-22H2,1H3,(H,30,31)/t28-,29+. The molecule has 1 aromatic heterocycles. The van der Waals surface area contributed by atoms with Crippen molar-refractivity contribution in [1.82, 2.24) is 14.9 Å². The molecule has 0 spiro atoms. The van der Waals surface area contributed by atoms with Crippen LogP contribution in [0.5, 0.6) is 0 Å². The molecule has 5 nitrogen and oxygen atoms in total. The molecule has 0 aliphatic carbocycles. The number of aromatic nitrogens is 2. The van der Waals surface area contributed by atoms with Crippen LogP contribution >= 0.6 is 0 Å². The van der Waals surface area contributed by atoms with E-state index < -0.39 is 6.29 Å². The van der Waals surface area contributed by atoms with Crippen LogP contribution in [0.4, 0.5) is 0 Å². The largest absolute Gasteiger partial charge is 0.345 e. The van der Waals surface area contributed by atoms with Crippen molar-refractivity contribution >= 4 is 0 Å². The summed E-state index contributed by atoms with van der Waals surface area (Å²) in [6.07, 6.45) is 7.02. The number of nitrogens with one attached hydrogen (secondary N) is 1. The van der Waals surface area contributed by atoms with Crippen molar-refractivity contribution in [3.8, 4) is 22.5 Å². The van der Waals surface area contributed by atoms with Gasteiger partial charge in [0.05, 0.1) is 24.6 Å². The van der Waals surface area contributed by atoms with Gasteiger partial charge in [-0.25, -0.2) is 4.98 Å². The average Bonchev–Trinajstić information content (AvgIpc) is 3.59. The first-order valence-electron chi connectivity index (χ1n) is 12.9. The van der Waals surface area contributed by atoms with Gasteiger partial charge in [-0.2, -0.15) is 0 Å². The summed E-state index contributed by atoms with van der Waals surface area (Å²) in [5.74, 6) is 0.747. The fourth-order valence-corrected chi connectivity index (χ4v) is 5.24. The second-order valence-corrected chi connectivity index (χ2v) is 9.89. The Morgan fingerprint density at radius 1 is 0.912 bits per heavy atom. The lowest BCUT2D eigenvalue weighted by Gasteiger charge is -2.39. The van der Waals surface area contributed by atoms with Crippen LogP contribution in [0.2, 0.25) is 0 Å². The normalized spacial score (nSPS) is 23.4. The molecular formula is C29H37N3O2. The number of hydrogen-bond donors (Lipinski definition) is 1. The fourth-order valence-electron chi connectivity index (χ4n) is 5.24. The van der Waals surface area contributed by atoms with Gasteiger partial charge in [-0.15, -0.1) is 0 Å². The molecule has 0 unspecified atom stereocenters. The second kappa shape index (κ2) is 10.9. The van der Waals surface area contributed by atoms with E-state index in [2.05, 4.69) is 53.2 Å². The molecule has 2 aliphatic heterocycles. The highest BCUT2D eigenvalue weighted by Gasteiger charge is 2.37. The van der Waals surface area contributed by atoms with Gasteiger partial charge in [-0.1, -0.05) is 74.0 Å². The van der Waals surface area contributed by atoms with Crippen molar-refractivity contribution in [2.75, 3.05) is 32.8 Å². The number of ether oxygens (including phenoxy) is 2. The minimum atomic E-state index is -0.454. The predicted octanol–water partition coefficient (Wildman–Crippen LogP) is 6.45. The third-order valence-electron chi connectivity index (χ3n) is 7.52. The molecule has 2 saturated heterocycles. The molecular weight excluding hydrogens is 422 g/mol. The summed E-state index contributed by atoms with van der Waals surface area (Å²) in [7, 11) is 0. The van der Waals surface area contributed by atoms with Gasteiger partial charge in [0.1, 0.15) is 0 Å². The smallest absolute Gasteiger partial charge is 0.217 e. The molecule has 2 aliphatic rings. The van der Waals surface area contributed by atoms with Crippen LogP contribution < -0.4 is 0 Å². The number of H-pyrrole nitrogens is 1. The molecule has 2 fully saturated rings. The van der Waals surface area contributed by atoms with E-state index in [-0.39, 0.29) is 5.41 Å². The topological polar surface area (TPSA) is 50.4 Å². The Balaban J connectivity index is 1.26. The fraction of sp³-hybridized carbons (Fsp3) is 0.483. The second-order valence-electron chi connectivity index (χ2n) is 9.89. The van der Waals surface area contributed by atoms with Gasteiger partial charge >= 0.3 is 0 Å². The Morgan fingerprint density at radius 3 is 2.21 bits per heavy atom. The summed E-state index contributed by atoms with van der Waals surface area (Å²) < 4.78 is 12.6. The van der Waals surface area contributed by atoms with E-state index >= 15 is 0 Å². The van der Waals surface area contributed by atoms with Crippen molar-refractivity contribution < 1.29 is 9.47 Å². The molecule has 0 saturated carbocycles. The van der Waals surface area contributed by atoms with Crippen LogP contribution in [0.25, 0.3) is 22.5 Å². The average molecular weight is 460 g/mol. The van der Waals surface area contributed by atoms with Crippen LogP contribution in [0.3, 0.4) is 0 Å². The monoisotopic (exact) mass is 459 g/mol. The highest BCUT2D eigenvalue weighted by Crippen LogP contribution is 2.39. The zero-order chi connectivity index (χ0) is 23.2. The maximum absolute atomic E-state index is 6.32. The molecule has 3 heterocycles. The van der Waals surface area contributed by atoms with Gasteiger partial charge in [0.25, 0.3) is 0 Å². The highest BCUT2D eigenvalue weighted by atomic mass is 16.7.